The SMILES string of the molecule is C=Cc1ncn(CC)c1C(=O)OC. The number of imidazole rings is 1. The van der Waals surface area contributed by atoms with Crippen molar-refractivity contribution in [2.75, 3.05) is 7.11 Å². The van der Waals surface area contributed by atoms with Crippen LogP contribution in [0.5, 0.6) is 0 Å². The van der Waals surface area contributed by atoms with Crippen LogP contribution in [0.25, 0.3) is 6.08 Å². The van der Waals surface area contributed by atoms with Gasteiger partial charge in [0.25, 0.3) is 0 Å². The zero-order chi connectivity index (χ0) is 9.84. The molecule has 0 unspecified atom stereocenters. The molecule has 1 heterocycles. The summed E-state index contributed by atoms with van der Waals surface area (Å²) in [5.41, 5.74) is 1.02. The van der Waals surface area contributed by atoms with E-state index in [0.29, 0.717) is 17.9 Å². The van der Waals surface area contributed by atoms with Crippen molar-refractivity contribution in [2.24, 2.45) is 0 Å². The van der Waals surface area contributed by atoms with Crippen LogP contribution < -0.4 is 0 Å². The van der Waals surface area contributed by atoms with Gasteiger partial charge in [0, 0.05) is 6.54 Å². The second-order valence-electron chi connectivity index (χ2n) is 2.46. The van der Waals surface area contributed by atoms with Gasteiger partial charge < -0.3 is 9.30 Å². The number of aryl methyl sites for hydroxylation is 1. The molecule has 0 spiro atoms. The Kier molecular flexibility index (Phi) is 2.84. The van der Waals surface area contributed by atoms with Crippen molar-refractivity contribution in [3.63, 3.8) is 0 Å². The monoisotopic (exact) mass is 180 g/mol. The van der Waals surface area contributed by atoms with Crippen LogP contribution in [0, 0.1) is 0 Å². The molecule has 0 amide bonds. The highest BCUT2D eigenvalue weighted by atomic mass is 16.5. The number of nitrogens with zero attached hydrogens (tertiary/aromatic N) is 2. The molecule has 4 nitrogen and oxygen atoms in total. The van der Waals surface area contributed by atoms with Gasteiger partial charge in [0.1, 0.15) is 0 Å². The van der Waals surface area contributed by atoms with Crippen LogP contribution in [0.15, 0.2) is 12.9 Å². The highest BCUT2D eigenvalue weighted by molar-refractivity contribution is 5.91. The summed E-state index contributed by atoms with van der Waals surface area (Å²) in [7, 11) is 1.35. The predicted molar refractivity (Wildman–Crippen MR) is 49.3 cm³/mol. The minimum Gasteiger partial charge on any atom is -0.464 e. The van der Waals surface area contributed by atoms with Crippen molar-refractivity contribution in [1.29, 1.82) is 0 Å². The molecule has 0 atom stereocenters. The Morgan fingerprint density at radius 1 is 1.85 bits per heavy atom. The van der Waals surface area contributed by atoms with Crippen molar-refractivity contribution >= 4 is 12.0 Å². The van der Waals surface area contributed by atoms with E-state index in [1.165, 1.54) is 7.11 Å². The first-order chi connectivity index (χ1) is 6.24. The molecule has 0 aliphatic heterocycles. The summed E-state index contributed by atoms with van der Waals surface area (Å²) in [6, 6.07) is 0. The van der Waals surface area contributed by atoms with Crippen LogP contribution >= 0.6 is 0 Å². The lowest BCUT2D eigenvalue weighted by Crippen LogP contribution is -2.10. The first kappa shape index (κ1) is 9.51. The minimum atomic E-state index is -0.380. The smallest absolute Gasteiger partial charge is 0.356 e. The standard InChI is InChI=1S/C9H12N2O2/c1-4-7-8(9(12)13-3)11(5-2)6-10-7/h4,6H,1,5H2,2-3H3. The van der Waals surface area contributed by atoms with E-state index in [0.717, 1.165) is 0 Å². The molecular formula is C9H12N2O2. The van der Waals surface area contributed by atoms with Gasteiger partial charge in [-0.15, -0.1) is 0 Å². The van der Waals surface area contributed by atoms with Crippen molar-refractivity contribution < 1.29 is 9.53 Å². The summed E-state index contributed by atoms with van der Waals surface area (Å²) < 4.78 is 6.36. The van der Waals surface area contributed by atoms with E-state index in [1.807, 2.05) is 6.92 Å². The van der Waals surface area contributed by atoms with Crippen molar-refractivity contribution in [3.05, 3.63) is 24.3 Å². The van der Waals surface area contributed by atoms with Crippen molar-refractivity contribution in [1.82, 2.24) is 9.55 Å². The van der Waals surface area contributed by atoms with Crippen LogP contribution in [0.1, 0.15) is 23.1 Å². The third kappa shape index (κ3) is 1.61. The molecule has 13 heavy (non-hydrogen) atoms. The Labute approximate surface area is 76.8 Å². The number of methoxy groups -OCH3 is 1. The van der Waals surface area contributed by atoms with E-state index in [4.69, 9.17) is 0 Å². The first-order valence-electron chi connectivity index (χ1n) is 4.00. The molecule has 0 aromatic carbocycles. The van der Waals surface area contributed by atoms with E-state index < -0.39 is 0 Å². The van der Waals surface area contributed by atoms with Gasteiger partial charge in [-0.2, -0.15) is 0 Å². The number of carbonyl (C=O) groups excluding carboxylic acids is 1. The quantitative estimate of drug-likeness (QED) is 0.659. The van der Waals surface area contributed by atoms with Gasteiger partial charge in [0.05, 0.1) is 19.1 Å². The third-order valence-electron chi connectivity index (χ3n) is 1.78. The second kappa shape index (κ2) is 3.89. The fourth-order valence-corrected chi connectivity index (χ4v) is 1.11. The average molecular weight is 180 g/mol. The Balaban J connectivity index is 3.19. The van der Waals surface area contributed by atoms with Gasteiger partial charge >= 0.3 is 5.97 Å². The number of esters is 1. The van der Waals surface area contributed by atoms with Crippen molar-refractivity contribution in [3.8, 4) is 0 Å². The molecule has 1 rings (SSSR count). The zero-order valence-electron chi connectivity index (χ0n) is 7.78. The Morgan fingerprint density at radius 3 is 3.00 bits per heavy atom. The Hall–Kier alpha value is -1.58. The molecule has 0 bridgehead atoms. The zero-order valence-corrected chi connectivity index (χ0v) is 7.78. The minimum absolute atomic E-state index is 0.380. The molecule has 0 N–H and O–H groups in total. The molecular weight excluding hydrogens is 168 g/mol. The van der Waals surface area contributed by atoms with E-state index >= 15 is 0 Å². The van der Waals surface area contributed by atoms with Crippen molar-refractivity contribution in [2.45, 2.75) is 13.5 Å². The highest BCUT2D eigenvalue weighted by Gasteiger charge is 2.15. The molecule has 0 fully saturated rings. The van der Waals surface area contributed by atoms with Gasteiger partial charge in [0.2, 0.25) is 0 Å². The number of ether oxygens (including phenoxy) is 1. The molecule has 0 aliphatic rings. The summed E-state index contributed by atoms with van der Waals surface area (Å²) >= 11 is 0. The Morgan fingerprint density at radius 2 is 2.54 bits per heavy atom. The maximum Gasteiger partial charge on any atom is 0.356 e. The third-order valence-corrected chi connectivity index (χ3v) is 1.78. The van der Waals surface area contributed by atoms with Gasteiger partial charge in [-0.25, -0.2) is 9.78 Å². The van der Waals surface area contributed by atoms with Crippen LogP contribution in [-0.4, -0.2) is 22.6 Å². The van der Waals surface area contributed by atoms with E-state index in [9.17, 15) is 4.79 Å². The van der Waals surface area contributed by atoms with E-state index in [-0.39, 0.29) is 5.97 Å². The largest absolute Gasteiger partial charge is 0.464 e. The maximum absolute atomic E-state index is 11.3. The number of hydrogen-bond donors (Lipinski definition) is 0. The normalized spacial score (nSPS) is 9.69. The predicted octanol–water partition coefficient (Wildman–Crippen LogP) is 1.33. The van der Waals surface area contributed by atoms with E-state index in [2.05, 4.69) is 16.3 Å². The lowest BCUT2D eigenvalue weighted by atomic mass is 10.3. The molecule has 0 saturated heterocycles. The average Bonchev–Trinajstić information content (AvgIpc) is 2.59. The lowest BCUT2D eigenvalue weighted by molar-refractivity contribution is 0.0588. The molecule has 70 valence electrons. The fraction of sp³-hybridized carbons (Fsp3) is 0.333. The molecule has 1 aromatic heterocycles. The first-order valence-corrected chi connectivity index (χ1v) is 4.00. The second-order valence-corrected chi connectivity index (χ2v) is 2.46. The molecule has 0 saturated carbocycles. The molecule has 0 aliphatic carbocycles. The summed E-state index contributed by atoms with van der Waals surface area (Å²) in [5.74, 6) is -0.380. The summed E-state index contributed by atoms with van der Waals surface area (Å²) in [6.07, 6.45) is 3.14. The van der Waals surface area contributed by atoms with Crippen LogP contribution in [-0.2, 0) is 11.3 Å². The van der Waals surface area contributed by atoms with Crippen LogP contribution in [0.3, 0.4) is 0 Å². The summed E-state index contributed by atoms with van der Waals surface area (Å²) in [4.78, 5) is 15.3. The number of hydrogen-bond acceptors (Lipinski definition) is 3. The van der Waals surface area contributed by atoms with Gasteiger partial charge in [-0.1, -0.05) is 6.58 Å². The maximum atomic E-state index is 11.3. The van der Waals surface area contributed by atoms with Crippen LogP contribution in [0.2, 0.25) is 0 Å². The van der Waals surface area contributed by atoms with E-state index in [1.54, 1.807) is 17.0 Å². The molecule has 0 radical (unpaired) electrons. The number of rotatable bonds is 3. The summed E-state index contributed by atoms with van der Waals surface area (Å²) in [5, 5.41) is 0. The highest BCUT2D eigenvalue weighted by Crippen LogP contribution is 2.10. The molecule has 1 aromatic rings. The lowest BCUT2D eigenvalue weighted by Gasteiger charge is -2.03. The Bertz CT molecular complexity index is 328. The van der Waals surface area contributed by atoms with Crippen LogP contribution in [0.4, 0.5) is 0 Å². The fourth-order valence-electron chi connectivity index (χ4n) is 1.11. The van der Waals surface area contributed by atoms with Gasteiger partial charge in [0.15, 0.2) is 5.69 Å². The molecule has 4 heteroatoms. The van der Waals surface area contributed by atoms with Gasteiger partial charge in [-0.3, -0.25) is 0 Å². The number of carbonyl (C=O) groups is 1. The summed E-state index contributed by atoms with van der Waals surface area (Å²) in [6.45, 7) is 6.19. The number of aromatic nitrogens is 2. The van der Waals surface area contributed by atoms with Gasteiger partial charge in [-0.05, 0) is 13.0 Å². The topological polar surface area (TPSA) is 44.1 Å².